The first-order chi connectivity index (χ1) is 10.6. The number of carbonyl (C=O) groups is 1. The Morgan fingerprint density at radius 2 is 1.73 bits per heavy atom. The third-order valence-electron chi connectivity index (χ3n) is 3.38. The molecule has 22 heavy (non-hydrogen) atoms. The van der Waals surface area contributed by atoms with Crippen LogP contribution in [-0.4, -0.2) is 12.1 Å². The highest BCUT2D eigenvalue weighted by Gasteiger charge is 2.12. The molecule has 2 rings (SSSR count). The third kappa shape index (κ3) is 4.45. The third-order valence-corrected chi connectivity index (χ3v) is 3.38. The Hall–Kier alpha value is -2.61. The zero-order valence-electron chi connectivity index (χ0n) is 13.0. The first kappa shape index (κ1) is 15.8. The van der Waals surface area contributed by atoms with Gasteiger partial charge in [0, 0.05) is 0 Å². The molecule has 1 unspecified atom stereocenters. The lowest BCUT2D eigenvalue weighted by atomic mass is 10.1. The number of esters is 1. The molecule has 2 nitrogen and oxygen atoms in total. The number of rotatable bonds is 5. The fourth-order valence-electron chi connectivity index (χ4n) is 1.89. The van der Waals surface area contributed by atoms with E-state index in [4.69, 9.17) is 4.74 Å². The summed E-state index contributed by atoms with van der Waals surface area (Å²) in [6.07, 6.45) is 3.48. The molecule has 0 N–H and O–H groups in total. The molecule has 0 bridgehead atoms. The SMILES string of the molecule is C=C(/C=C/c1ccc(C)cc1)C(C)OC(=O)c1ccccc1. The fourth-order valence-corrected chi connectivity index (χ4v) is 1.89. The lowest BCUT2D eigenvalue weighted by Gasteiger charge is -2.13. The van der Waals surface area contributed by atoms with E-state index in [1.165, 1.54) is 5.56 Å². The van der Waals surface area contributed by atoms with Crippen LogP contribution in [-0.2, 0) is 4.74 Å². The van der Waals surface area contributed by atoms with Crippen LogP contribution in [0.3, 0.4) is 0 Å². The minimum Gasteiger partial charge on any atom is -0.454 e. The summed E-state index contributed by atoms with van der Waals surface area (Å²) in [4.78, 5) is 12.0. The van der Waals surface area contributed by atoms with Crippen LogP contribution in [0.4, 0.5) is 0 Å². The molecule has 0 heterocycles. The van der Waals surface area contributed by atoms with E-state index in [2.05, 4.69) is 25.6 Å². The van der Waals surface area contributed by atoms with Crippen molar-refractivity contribution in [3.63, 3.8) is 0 Å². The highest BCUT2D eigenvalue weighted by molar-refractivity contribution is 5.89. The maximum atomic E-state index is 12.0. The van der Waals surface area contributed by atoms with Gasteiger partial charge in [-0.05, 0) is 37.1 Å². The molecule has 1 atom stereocenters. The van der Waals surface area contributed by atoms with Gasteiger partial charge in [0.2, 0.25) is 0 Å². The molecule has 0 amide bonds. The average Bonchev–Trinajstić information content (AvgIpc) is 2.54. The standard InChI is InChI=1S/C20H20O2/c1-15-9-12-18(13-10-15)14-11-16(2)17(3)22-20(21)19-7-5-4-6-8-19/h4-14,17H,2H2,1,3H3/b14-11+. The zero-order valence-corrected chi connectivity index (χ0v) is 13.0. The second kappa shape index (κ2) is 7.41. The lowest BCUT2D eigenvalue weighted by molar-refractivity contribution is 0.0412. The van der Waals surface area contributed by atoms with E-state index >= 15 is 0 Å². The van der Waals surface area contributed by atoms with E-state index in [0.29, 0.717) is 5.56 Å². The Balaban J connectivity index is 1.94. The van der Waals surface area contributed by atoms with E-state index in [1.54, 1.807) is 12.1 Å². The van der Waals surface area contributed by atoms with Crippen molar-refractivity contribution in [2.75, 3.05) is 0 Å². The first-order valence-corrected chi connectivity index (χ1v) is 7.26. The van der Waals surface area contributed by atoms with E-state index in [-0.39, 0.29) is 12.1 Å². The summed E-state index contributed by atoms with van der Waals surface area (Å²) in [6, 6.07) is 17.2. The molecule has 0 fully saturated rings. The van der Waals surface area contributed by atoms with Gasteiger partial charge in [0.05, 0.1) is 5.56 Å². The summed E-state index contributed by atoms with van der Waals surface area (Å²) in [6.45, 7) is 7.85. The molecule has 0 aromatic heterocycles. The largest absolute Gasteiger partial charge is 0.454 e. The van der Waals surface area contributed by atoms with Gasteiger partial charge in [0.1, 0.15) is 6.10 Å². The molecule has 0 aliphatic heterocycles. The van der Waals surface area contributed by atoms with Gasteiger partial charge in [-0.25, -0.2) is 4.79 Å². The number of benzene rings is 2. The van der Waals surface area contributed by atoms with Crippen LogP contribution < -0.4 is 0 Å². The maximum absolute atomic E-state index is 12.0. The predicted molar refractivity (Wildman–Crippen MR) is 90.7 cm³/mol. The minimum absolute atomic E-state index is 0.335. The van der Waals surface area contributed by atoms with Crippen LogP contribution in [0, 0.1) is 6.92 Å². The topological polar surface area (TPSA) is 26.3 Å². The van der Waals surface area contributed by atoms with Crippen LogP contribution >= 0.6 is 0 Å². The normalized spacial score (nSPS) is 12.1. The van der Waals surface area contributed by atoms with E-state index in [1.807, 2.05) is 49.4 Å². The van der Waals surface area contributed by atoms with Crippen molar-refractivity contribution in [3.05, 3.63) is 89.5 Å². The van der Waals surface area contributed by atoms with E-state index in [0.717, 1.165) is 11.1 Å². The van der Waals surface area contributed by atoms with Crippen molar-refractivity contribution in [3.8, 4) is 0 Å². The van der Waals surface area contributed by atoms with Gasteiger partial charge < -0.3 is 4.74 Å². The summed E-state index contributed by atoms with van der Waals surface area (Å²) in [5.74, 6) is -0.335. The zero-order chi connectivity index (χ0) is 15.9. The smallest absolute Gasteiger partial charge is 0.338 e. The Morgan fingerprint density at radius 3 is 2.36 bits per heavy atom. The van der Waals surface area contributed by atoms with Gasteiger partial charge in [-0.1, -0.05) is 66.8 Å². The molecule has 2 aromatic carbocycles. The summed E-state index contributed by atoms with van der Waals surface area (Å²) in [5.41, 5.74) is 3.61. The van der Waals surface area contributed by atoms with Gasteiger partial charge in [-0.3, -0.25) is 0 Å². The fraction of sp³-hybridized carbons (Fsp3) is 0.150. The maximum Gasteiger partial charge on any atom is 0.338 e. The van der Waals surface area contributed by atoms with E-state index in [9.17, 15) is 4.79 Å². The quantitative estimate of drug-likeness (QED) is 0.584. The molecule has 0 saturated heterocycles. The van der Waals surface area contributed by atoms with Gasteiger partial charge >= 0.3 is 5.97 Å². The van der Waals surface area contributed by atoms with Crippen LogP contribution in [0.1, 0.15) is 28.4 Å². The predicted octanol–water partition coefficient (Wildman–Crippen LogP) is 4.81. The number of aryl methyl sites for hydroxylation is 1. The molecule has 112 valence electrons. The van der Waals surface area contributed by atoms with Crippen LogP contribution in [0.5, 0.6) is 0 Å². The molecule has 0 radical (unpaired) electrons. The van der Waals surface area contributed by atoms with Crippen LogP contribution in [0.2, 0.25) is 0 Å². The second-order valence-corrected chi connectivity index (χ2v) is 5.23. The minimum atomic E-state index is -0.366. The Labute approximate surface area is 131 Å². The summed E-state index contributed by atoms with van der Waals surface area (Å²) in [5, 5.41) is 0. The molecule has 0 saturated carbocycles. The second-order valence-electron chi connectivity index (χ2n) is 5.23. The monoisotopic (exact) mass is 292 g/mol. The molecular weight excluding hydrogens is 272 g/mol. The van der Waals surface area contributed by atoms with E-state index < -0.39 is 0 Å². The van der Waals surface area contributed by atoms with Crippen molar-refractivity contribution in [2.45, 2.75) is 20.0 Å². The average molecular weight is 292 g/mol. The Bertz CT molecular complexity index is 667. The van der Waals surface area contributed by atoms with Crippen molar-refractivity contribution in [1.82, 2.24) is 0 Å². The first-order valence-electron chi connectivity index (χ1n) is 7.26. The number of hydrogen-bond donors (Lipinski definition) is 0. The molecule has 2 aromatic rings. The number of carbonyl (C=O) groups excluding carboxylic acids is 1. The molecule has 0 aliphatic carbocycles. The summed E-state index contributed by atoms with van der Waals surface area (Å²) in [7, 11) is 0. The highest BCUT2D eigenvalue weighted by Crippen LogP contribution is 2.12. The molecule has 0 spiro atoms. The van der Waals surface area contributed by atoms with Crippen molar-refractivity contribution in [1.29, 1.82) is 0 Å². The Morgan fingerprint density at radius 1 is 1.09 bits per heavy atom. The van der Waals surface area contributed by atoms with Crippen molar-refractivity contribution < 1.29 is 9.53 Å². The van der Waals surface area contributed by atoms with Crippen molar-refractivity contribution in [2.24, 2.45) is 0 Å². The van der Waals surface area contributed by atoms with Gasteiger partial charge in [0.15, 0.2) is 0 Å². The molecular formula is C20H20O2. The number of ether oxygens (including phenoxy) is 1. The summed E-state index contributed by atoms with van der Waals surface area (Å²) < 4.78 is 5.42. The lowest BCUT2D eigenvalue weighted by Crippen LogP contribution is -2.16. The van der Waals surface area contributed by atoms with Gasteiger partial charge in [-0.15, -0.1) is 0 Å². The summed E-state index contributed by atoms with van der Waals surface area (Å²) >= 11 is 0. The molecule has 2 heteroatoms. The van der Waals surface area contributed by atoms with Crippen LogP contribution in [0.25, 0.3) is 6.08 Å². The van der Waals surface area contributed by atoms with Gasteiger partial charge in [-0.2, -0.15) is 0 Å². The highest BCUT2D eigenvalue weighted by atomic mass is 16.5. The number of hydrogen-bond acceptors (Lipinski definition) is 2. The molecule has 0 aliphatic rings. The van der Waals surface area contributed by atoms with Crippen molar-refractivity contribution >= 4 is 12.0 Å². The Kier molecular flexibility index (Phi) is 5.31. The van der Waals surface area contributed by atoms with Gasteiger partial charge in [0.25, 0.3) is 0 Å². The van der Waals surface area contributed by atoms with Crippen LogP contribution in [0.15, 0.2) is 72.8 Å².